The van der Waals surface area contributed by atoms with Gasteiger partial charge in [-0.25, -0.2) is 13.2 Å². The highest BCUT2D eigenvalue weighted by Gasteiger charge is 2.36. The molecule has 2 N–H and O–H groups in total. The van der Waals surface area contributed by atoms with Crippen molar-refractivity contribution in [1.29, 1.82) is 0 Å². The van der Waals surface area contributed by atoms with Gasteiger partial charge in [0.05, 0.1) is 17.7 Å². The summed E-state index contributed by atoms with van der Waals surface area (Å²) in [5, 5.41) is 11.4. The highest BCUT2D eigenvalue weighted by Crippen LogP contribution is 2.36. The summed E-state index contributed by atoms with van der Waals surface area (Å²) in [7, 11) is 1.36. The van der Waals surface area contributed by atoms with Gasteiger partial charge in [-0.3, -0.25) is 19.3 Å². The fourth-order valence-corrected chi connectivity index (χ4v) is 3.82. The van der Waals surface area contributed by atoms with Crippen molar-refractivity contribution >= 4 is 40.6 Å². The SMILES string of the molecule is C=CCc1cc(/C=C2\SC(=O)N(CC(=O)Nc3ccc(F)c(F)c3F)C2=O)cc(OC)c1O. The highest BCUT2D eigenvalue weighted by atomic mass is 32.2. The predicted molar refractivity (Wildman–Crippen MR) is 116 cm³/mol. The molecule has 0 saturated carbocycles. The topological polar surface area (TPSA) is 95.9 Å². The molecular weight excluding hydrogens is 461 g/mol. The smallest absolute Gasteiger partial charge is 0.294 e. The van der Waals surface area contributed by atoms with E-state index < -0.39 is 46.7 Å². The molecule has 2 aromatic carbocycles. The van der Waals surface area contributed by atoms with E-state index >= 15 is 0 Å². The van der Waals surface area contributed by atoms with Crippen molar-refractivity contribution in [2.75, 3.05) is 19.0 Å². The van der Waals surface area contributed by atoms with Gasteiger partial charge in [0.25, 0.3) is 11.1 Å². The number of phenolic OH excluding ortho intramolecular Hbond substituents is 1. The van der Waals surface area contributed by atoms with Crippen LogP contribution in [0.5, 0.6) is 11.5 Å². The third-order valence-electron chi connectivity index (χ3n) is 4.54. The molecule has 1 fully saturated rings. The summed E-state index contributed by atoms with van der Waals surface area (Å²) in [5.41, 5.74) is 0.315. The van der Waals surface area contributed by atoms with Crippen LogP contribution in [0.2, 0.25) is 0 Å². The molecule has 11 heteroatoms. The van der Waals surface area contributed by atoms with Crippen molar-refractivity contribution in [2.24, 2.45) is 0 Å². The molecule has 33 heavy (non-hydrogen) atoms. The largest absolute Gasteiger partial charge is 0.504 e. The van der Waals surface area contributed by atoms with E-state index in [0.717, 1.165) is 6.07 Å². The van der Waals surface area contributed by atoms with Crippen molar-refractivity contribution in [1.82, 2.24) is 4.90 Å². The molecule has 1 aliphatic heterocycles. The number of thioether (sulfide) groups is 1. The lowest BCUT2D eigenvalue weighted by Crippen LogP contribution is -2.36. The lowest BCUT2D eigenvalue weighted by atomic mass is 10.1. The van der Waals surface area contributed by atoms with Gasteiger partial charge in [0.1, 0.15) is 6.54 Å². The van der Waals surface area contributed by atoms with Crippen LogP contribution in [-0.2, 0) is 16.0 Å². The van der Waals surface area contributed by atoms with Crippen LogP contribution in [0, 0.1) is 17.5 Å². The molecule has 3 amide bonds. The summed E-state index contributed by atoms with van der Waals surface area (Å²) >= 11 is 0.581. The van der Waals surface area contributed by atoms with E-state index in [4.69, 9.17) is 4.74 Å². The summed E-state index contributed by atoms with van der Waals surface area (Å²) in [6, 6.07) is 4.50. The molecule has 1 heterocycles. The molecule has 0 bridgehead atoms. The Morgan fingerprint density at radius 3 is 2.64 bits per heavy atom. The number of imide groups is 1. The number of hydrogen-bond donors (Lipinski definition) is 2. The number of anilines is 1. The van der Waals surface area contributed by atoms with Gasteiger partial charge in [-0.2, -0.15) is 0 Å². The number of ether oxygens (including phenoxy) is 1. The number of benzene rings is 2. The summed E-state index contributed by atoms with van der Waals surface area (Å²) < 4.78 is 45.2. The molecule has 1 saturated heterocycles. The predicted octanol–water partition coefficient (Wildman–Crippen LogP) is 4.22. The van der Waals surface area contributed by atoms with Crippen LogP contribution in [0.4, 0.5) is 23.7 Å². The fraction of sp³-hybridized carbons (Fsp3) is 0.136. The average Bonchev–Trinajstić information content (AvgIpc) is 3.03. The van der Waals surface area contributed by atoms with Crippen LogP contribution in [0.3, 0.4) is 0 Å². The first-order valence-corrected chi connectivity index (χ1v) is 10.2. The maximum atomic E-state index is 13.7. The first kappa shape index (κ1) is 23.9. The van der Waals surface area contributed by atoms with E-state index in [2.05, 4.69) is 6.58 Å². The highest BCUT2D eigenvalue weighted by molar-refractivity contribution is 8.18. The minimum absolute atomic E-state index is 0.00380. The van der Waals surface area contributed by atoms with Crippen molar-refractivity contribution in [3.63, 3.8) is 0 Å². The maximum Gasteiger partial charge on any atom is 0.294 e. The van der Waals surface area contributed by atoms with E-state index in [0.29, 0.717) is 40.3 Å². The van der Waals surface area contributed by atoms with Crippen LogP contribution >= 0.6 is 11.8 Å². The molecular formula is C22H17F3N2O5S. The van der Waals surface area contributed by atoms with E-state index in [9.17, 15) is 32.7 Å². The lowest BCUT2D eigenvalue weighted by molar-refractivity contribution is -0.127. The molecule has 3 rings (SSSR count). The van der Waals surface area contributed by atoms with Crippen molar-refractivity contribution in [3.05, 3.63) is 70.4 Å². The number of aromatic hydroxyl groups is 1. The van der Waals surface area contributed by atoms with Gasteiger partial charge in [-0.05, 0) is 54.1 Å². The Morgan fingerprint density at radius 2 is 1.97 bits per heavy atom. The lowest BCUT2D eigenvalue weighted by Gasteiger charge is -2.13. The second-order valence-corrected chi connectivity index (χ2v) is 7.76. The third kappa shape index (κ3) is 5.03. The van der Waals surface area contributed by atoms with Crippen LogP contribution in [0.25, 0.3) is 6.08 Å². The number of halogens is 3. The molecule has 172 valence electrons. The number of rotatable bonds is 7. The van der Waals surface area contributed by atoms with Gasteiger partial charge >= 0.3 is 0 Å². The normalized spacial score (nSPS) is 14.7. The molecule has 7 nitrogen and oxygen atoms in total. The first-order valence-electron chi connectivity index (χ1n) is 9.35. The van der Waals surface area contributed by atoms with E-state index in [1.54, 1.807) is 12.1 Å². The molecule has 0 spiro atoms. The number of nitrogens with zero attached hydrogens (tertiary/aromatic N) is 1. The quantitative estimate of drug-likeness (QED) is 0.352. The number of allylic oxidation sites excluding steroid dienone is 1. The molecule has 0 aromatic heterocycles. The molecule has 0 atom stereocenters. The molecule has 2 aromatic rings. The average molecular weight is 478 g/mol. The number of carbonyl (C=O) groups excluding carboxylic acids is 3. The Morgan fingerprint density at radius 1 is 1.24 bits per heavy atom. The van der Waals surface area contributed by atoms with Crippen LogP contribution in [-0.4, -0.2) is 40.7 Å². The third-order valence-corrected chi connectivity index (χ3v) is 5.45. The number of carbonyl (C=O) groups is 3. The van der Waals surface area contributed by atoms with Gasteiger partial charge in [0.15, 0.2) is 29.0 Å². The zero-order valence-electron chi connectivity index (χ0n) is 17.2. The second-order valence-electron chi connectivity index (χ2n) is 6.76. The standard InChI is InChI=1S/C22H17F3N2O5S/c1-3-4-12-7-11(8-15(32-2)20(12)29)9-16-21(30)27(22(31)33-16)10-17(28)26-14-6-5-13(23)18(24)19(14)25/h3,5-9,29H,1,4,10H2,2H3,(H,26,28)/b16-9-. The van der Waals surface area contributed by atoms with Gasteiger partial charge in [-0.15, -0.1) is 6.58 Å². The number of nitrogens with one attached hydrogen (secondary N) is 1. The molecule has 0 unspecified atom stereocenters. The fourth-order valence-electron chi connectivity index (χ4n) is 2.98. The van der Waals surface area contributed by atoms with Gasteiger partial charge in [0, 0.05) is 5.56 Å². The second kappa shape index (κ2) is 9.82. The van der Waals surface area contributed by atoms with Crippen molar-refractivity contribution in [2.45, 2.75) is 6.42 Å². The van der Waals surface area contributed by atoms with Gasteiger partial charge in [0.2, 0.25) is 5.91 Å². The van der Waals surface area contributed by atoms with Gasteiger partial charge in [-0.1, -0.05) is 6.08 Å². The van der Waals surface area contributed by atoms with Crippen LogP contribution in [0.1, 0.15) is 11.1 Å². The van der Waals surface area contributed by atoms with Crippen molar-refractivity contribution in [3.8, 4) is 11.5 Å². The summed E-state index contributed by atoms with van der Waals surface area (Å²) in [6.07, 6.45) is 3.29. The zero-order chi connectivity index (χ0) is 24.3. The Labute approximate surface area is 190 Å². The van der Waals surface area contributed by atoms with Gasteiger partial charge < -0.3 is 15.2 Å². The van der Waals surface area contributed by atoms with Crippen LogP contribution < -0.4 is 10.1 Å². The zero-order valence-corrected chi connectivity index (χ0v) is 18.0. The maximum absolute atomic E-state index is 13.7. The summed E-state index contributed by atoms with van der Waals surface area (Å²) in [4.78, 5) is 37.8. The Hall–Kier alpha value is -3.73. The Bertz CT molecular complexity index is 1200. The monoisotopic (exact) mass is 478 g/mol. The summed E-state index contributed by atoms with van der Waals surface area (Å²) in [5.74, 6) is -6.47. The number of hydrogen-bond acceptors (Lipinski definition) is 6. The minimum atomic E-state index is -1.76. The van der Waals surface area contributed by atoms with Crippen LogP contribution in [0.15, 0.2) is 41.8 Å². The number of methoxy groups -OCH3 is 1. The Kier molecular flexibility index (Phi) is 7.12. The molecule has 0 radical (unpaired) electrons. The summed E-state index contributed by atoms with van der Waals surface area (Å²) in [6.45, 7) is 2.85. The Balaban J connectivity index is 1.79. The number of amides is 3. The van der Waals surface area contributed by atoms with E-state index in [1.807, 2.05) is 5.32 Å². The first-order chi connectivity index (χ1) is 15.7. The van der Waals surface area contributed by atoms with Crippen molar-refractivity contribution < 1.29 is 37.4 Å². The minimum Gasteiger partial charge on any atom is -0.504 e. The van der Waals surface area contributed by atoms with E-state index in [-0.39, 0.29) is 16.4 Å². The number of phenols is 1. The van der Waals surface area contributed by atoms with E-state index in [1.165, 1.54) is 19.3 Å². The molecule has 0 aliphatic carbocycles. The molecule has 1 aliphatic rings.